The quantitative estimate of drug-likeness (QED) is 0.0296. The number of carbonyl (C=O) groups excluding carboxylic acids is 8. The summed E-state index contributed by atoms with van der Waals surface area (Å²) in [4.78, 5) is 112. The van der Waals surface area contributed by atoms with Crippen LogP contribution >= 0.6 is 0 Å². The molecule has 2 amide bonds. The largest absolute Gasteiger partial charge is 0.446 e. The van der Waals surface area contributed by atoms with Crippen molar-refractivity contribution < 1.29 is 61.0 Å². The first-order valence-electron chi connectivity index (χ1n) is 38.7. The monoisotopic (exact) mass is 1590 g/mol. The number of Topliss-reactive ketones (excluding diaryl/α,β-unsaturated/α-hetero) is 5. The summed E-state index contributed by atoms with van der Waals surface area (Å²) in [6.07, 6.45) is 6.03. The van der Waals surface area contributed by atoms with Crippen LogP contribution in [0.5, 0.6) is 0 Å². The first-order valence-corrected chi connectivity index (χ1v) is 38.7. The van der Waals surface area contributed by atoms with Gasteiger partial charge in [-0.25, -0.2) is 9.59 Å². The number of pyridine rings is 3. The van der Waals surface area contributed by atoms with E-state index in [0.29, 0.717) is 75.5 Å². The SMILES string of the molecule is C.C.CC(=O)Cc1ccc2cc(C(=O)Cc3cc(-c4ccccc4)ccc3N)cnc2c1C1CC1.CC(=O)Cc1ccc2cc(C(=O)Cc3cc(-c4ccccc4)ccc3NC(=O)OC(C)(C)C)cnc2c1C1CC1.CC(C)(C)OC(=O)Nc1ccc(-c2ccccc2)cc1CC(=O)c1cnc2c(C3CC3)c(N)ccc2c1.O=CC(F)(F)F. The molecule has 3 aliphatic rings. The molecule has 3 heterocycles. The molecule has 0 aliphatic heterocycles. The third-order valence-corrected chi connectivity index (χ3v) is 19.8. The van der Waals surface area contributed by atoms with E-state index in [4.69, 9.17) is 35.7 Å². The highest BCUT2D eigenvalue weighted by atomic mass is 19.4. The molecular formula is C98H100F3N7O10. The van der Waals surface area contributed by atoms with Crippen LogP contribution in [0.4, 0.5) is 45.5 Å². The third-order valence-electron chi connectivity index (χ3n) is 19.8. The van der Waals surface area contributed by atoms with Crippen molar-refractivity contribution >= 4 is 103 Å². The number of ketones is 5. The molecule has 17 nitrogen and oxygen atoms in total. The number of alkyl halides is 3. The van der Waals surface area contributed by atoms with Crippen LogP contribution in [0, 0.1) is 0 Å². The number of amides is 2. The number of nitrogen functional groups attached to an aromatic ring is 2. The lowest BCUT2D eigenvalue weighted by Gasteiger charge is -2.21. The summed E-state index contributed by atoms with van der Waals surface area (Å²) in [6, 6.07) is 64.6. The standard InChI is InChI=1S/C34H34N2O4.C31H31N3O3.C29H26N2O2.C2HF3O.2CH4/c1-21(37)16-25-12-13-26-18-28(20-35-32(26)31(25)23-10-11-23)30(38)19-27-17-24(22-8-6-5-7-9-22)14-15-29(27)36-33(39)40-34(2,3)4;1-31(2,3)37-30(36)34-26-14-12-21(19-7-5-4-6-8-19)15-23(26)17-27(35)24-16-22-11-13-25(32)28(20-9-10-20)29(22)33-18-24;1-18(32)13-22-9-10-23-15-25(17-31-29(23)28(22)20-7-8-20)27(33)16-24-14-21(11-12-26(24)30)19-5-3-2-4-6-19;3-2(4,5)1-6;;/h5-9,12-15,17-18,20,23H,10-11,16,19H2,1-4H3,(H,36,39);4-8,11-16,18,20H,9-10,17,32H2,1-3H3,(H,34,36);2-6,9-12,14-15,17,20H,7-8,13,16,30H2,1H3;1H;2*1H4. The lowest BCUT2D eigenvalue weighted by Crippen LogP contribution is -2.27. The number of hydrogen-bond donors (Lipinski definition) is 4. The number of rotatable bonds is 21. The second-order valence-corrected chi connectivity index (χ2v) is 31.8. The number of benzene rings is 9. The van der Waals surface area contributed by atoms with Gasteiger partial charge in [-0.05, 0) is 245 Å². The predicted molar refractivity (Wildman–Crippen MR) is 464 cm³/mol. The number of nitrogens with two attached hydrogens (primary N) is 2. The number of carbonyl (C=O) groups is 8. The molecule has 20 heteroatoms. The topological polar surface area (TPSA) is 270 Å². The Morgan fingerprint density at radius 1 is 0.390 bits per heavy atom. The summed E-state index contributed by atoms with van der Waals surface area (Å²) in [5.41, 5.74) is 31.7. The van der Waals surface area contributed by atoms with Crippen LogP contribution in [0.25, 0.3) is 66.1 Å². The van der Waals surface area contributed by atoms with E-state index in [1.54, 1.807) is 53.2 Å². The van der Waals surface area contributed by atoms with Crippen molar-refractivity contribution in [2.24, 2.45) is 0 Å². The Labute approximate surface area is 686 Å². The number of nitrogens with one attached hydrogen (secondary N) is 2. The number of hydrogen-bond acceptors (Lipinski definition) is 15. The zero-order valence-electron chi connectivity index (χ0n) is 66.1. The fraction of sp³-hybridized carbons (Fsp3) is 0.276. The fourth-order valence-electron chi connectivity index (χ4n) is 14.1. The summed E-state index contributed by atoms with van der Waals surface area (Å²) >= 11 is 0. The van der Waals surface area contributed by atoms with Gasteiger partial charge in [-0.3, -0.25) is 54.4 Å². The molecule has 3 fully saturated rings. The van der Waals surface area contributed by atoms with Crippen LogP contribution in [-0.4, -0.2) is 79.7 Å². The van der Waals surface area contributed by atoms with Gasteiger partial charge < -0.3 is 20.9 Å². The zero-order chi connectivity index (χ0) is 82.8. The average Bonchev–Trinajstić information content (AvgIpc) is 1.51. The minimum Gasteiger partial charge on any atom is -0.444 e. The Morgan fingerprint density at radius 2 is 0.695 bits per heavy atom. The number of fused-ring (bicyclic) bond motifs is 3. The number of halogens is 3. The second-order valence-electron chi connectivity index (χ2n) is 31.8. The summed E-state index contributed by atoms with van der Waals surface area (Å²) < 4.78 is 42.1. The fourth-order valence-corrected chi connectivity index (χ4v) is 14.1. The van der Waals surface area contributed by atoms with Gasteiger partial charge in [0, 0.05) is 112 Å². The molecule has 0 saturated heterocycles. The van der Waals surface area contributed by atoms with Gasteiger partial charge in [0.05, 0.1) is 16.6 Å². The zero-order valence-corrected chi connectivity index (χ0v) is 66.1. The van der Waals surface area contributed by atoms with E-state index in [-0.39, 0.29) is 63.0 Å². The van der Waals surface area contributed by atoms with Gasteiger partial charge >= 0.3 is 18.4 Å². The van der Waals surface area contributed by atoms with Crippen LogP contribution < -0.4 is 22.1 Å². The Kier molecular flexibility index (Phi) is 28.1. The molecule has 3 aromatic heterocycles. The molecule has 3 aliphatic carbocycles. The van der Waals surface area contributed by atoms with Gasteiger partial charge in [0.25, 0.3) is 0 Å². The Balaban J connectivity index is 0.000000179. The van der Waals surface area contributed by atoms with Gasteiger partial charge in [-0.15, -0.1) is 0 Å². The lowest BCUT2D eigenvalue weighted by atomic mass is 9.94. The van der Waals surface area contributed by atoms with E-state index in [9.17, 15) is 46.7 Å². The molecule has 0 bridgehead atoms. The number of anilines is 4. The molecule has 9 aromatic carbocycles. The minimum absolute atomic E-state index is 0. The number of aldehydes is 1. The smallest absolute Gasteiger partial charge is 0.444 e. The second kappa shape index (κ2) is 37.8. The van der Waals surface area contributed by atoms with E-state index in [1.807, 2.05) is 221 Å². The average molecular weight is 1590 g/mol. The Bertz CT molecular complexity index is 5730. The van der Waals surface area contributed by atoms with Crippen molar-refractivity contribution in [3.63, 3.8) is 0 Å². The maximum Gasteiger partial charge on any atom is 0.446 e. The first kappa shape index (κ1) is 87.5. The molecule has 12 aromatic rings. The van der Waals surface area contributed by atoms with Crippen molar-refractivity contribution in [2.75, 3.05) is 22.1 Å². The van der Waals surface area contributed by atoms with Gasteiger partial charge in [0.1, 0.15) is 22.8 Å². The first-order chi connectivity index (χ1) is 55.3. The summed E-state index contributed by atoms with van der Waals surface area (Å²) in [5, 5.41) is 8.40. The third kappa shape index (κ3) is 23.5. The van der Waals surface area contributed by atoms with Gasteiger partial charge in [-0.1, -0.05) is 154 Å². The van der Waals surface area contributed by atoms with Crippen molar-refractivity contribution in [2.45, 2.75) is 176 Å². The number of aromatic nitrogens is 3. The molecule has 15 rings (SSSR count). The van der Waals surface area contributed by atoms with Crippen LogP contribution in [0.3, 0.4) is 0 Å². The normalized spacial score (nSPS) is 12.9. The van der Waals surface area contributed by atoms with Crippen LogP contribution in [0.15, 0.2) is 219 Å². The van der Waals surface area contributed by atoms with Crippen LogP contribution in [-0.2, 0) is 56.0 Å². The summed E-state index contributed by atoms with van der Waals surface area (Å²) in [5.74, 6) is 1.43. The predicted octanol–water partition coefficient (Wildman–Crippen LogP) is 22.8. The molecule has 6 N–H and O–H groups in total. The van der Waals surface area contributed by atoms with Crippen molar-refractivity contribution in [1.82, 2.24) is 15.0 Å². The summed E-state index contributed by atoms with van der Waals surface area (Å²) in [7, 11) is 0. The van der Waals surface area contributed by atoms with Gasteiger partial charge in [-0.2, -0.15) is 13.2 Å². The van der Waals surface area contributed by atoms with E-state index >= 15 is 0 Å². The van der Waals surface area contributed by atoms with Gasteiger partial charge in [0.2, 0.25) is 6.29 Å². The molecule has 0 spiro atoms. The van der Waals surface area contributed by atoms with E-state index in [1.165, 1.54) is 5.56 Å². The molecular weight excluding hydrogens is 1490 g/mol. The molecule has 3 saturated carbocycles. The van der Waals surface area contributed by atoms with Crippen LogP contribution in [0.1, 0.15) is 202 Å². The van der Waals surface area contributed by atoms with E-state index in [2.05, 4.69) is 15.6 Å². The highest BCUT2D eigenvalue weighted by Crippen LogP contribution is 2.48. The maximum absolute atomic E-state index is 13.6. The molecule has 0 radical (unpaired) electrons. The lowest BCUT2D eigenvalue weighted by molar-refractivity contribution is -0.156. The number of nitrogens with zero attached hydrogens (tertiary/aromatic N) is 3. The highest BCUT2D eigenvalue weighted by molar-refractivity contribution is 6.05. The Morgan fingerprint density at radius 3 is 1.03 bits per heavy atom. The maximum atomic E-state index is 13.6. The van der Waals surface area contributed by atoms with Crippen molar-refractivity contribution in [3.05, 3.63) is 280 Å². The van der Waals surface area contributed by atoms with E-state index in [0.717, 1.165) is 138 Å². The molecule has 118 heavy (non-hydrogen) atoms. The molecule has 0 atom stereocenters. The highest BCUT2D eigenvalue weighted by Gasteiger charge is 2.33. The number of ether oxygens (including phenoxy) is 2. The Hall–Kier alpha value is -12.8. The van der Waals surface area contributed by atoms with Crippen molar-refractivity contribution in [3.8, 4) is 33.4 Å². The van der Waals surface area contributed by atoms with Gasteiger partial charge in [0.15, 0.2) is 17.3 Å². The molecule has 0 unspecified atom stereocenters. The van der Waals surface area contributed by atoms with E-state index < -0.39 is 35.9 Å². The summed E-state index contributed by atoms with van der Waals surface area (Å²) in [6.45, 7) is 14.1. The molecule has 608 valence electrons. The van der Waals surface area contributed by atoms with Crippen molar-refractivity contribution in [1.29, 1.82) is 0 Å². The van der Waals surface area contributed by atoms with Crippen LogP contribution in [0.2, 0.25) is 0 Å². The minimum atomic E-state index is -4.64.